The highest BCUT2D eigenvalue weighted by Gasteiger charge is 2.06. The molecule has 1 atom stereocenters. The van der Waals surface area contributed by atoms with E-state index in [1.54, 1.807) is 24.3 Å². The Bertz CT molecular complexity index is 628. The molecule has 19 heavy (non-hydrogen) atoms. The van der Waals surface area contributed by atoms with Gasteiger partial charge < -0.3 is 9.87 Å². The summed E-state index contributed by atoms with van der Waals surface area (Å²) in [5.41, 5.74) is 0.947. The minimum atomic E-state index is -2.27. The van der Waals surface area contributed by atoms with E-state index in [0.717, 1.165) is 0 Å². The summed E-state index contributed by atoms with van der Waals surface area (Å²) >= 11 is 3.53. The maximum absolute atomic E-state index is 11.9. The molecule has 0 aromatic heterocycles. The molecule has 0 saturated heterocycles. The van der Waals surface area contributed by atoms with Crippen LogP contribution < -0.4 is 5.32 Å². The first kappa shape index (κ1) is 13.7. The summed E-state index contributed by atoms with van der Waals surface area (Å²) in [6.45, 7) is 0. The van der Waals surface area contributed by atoms with Crippen LogP contribution in [0.5, 0.6) is 0 Å². The normalized spacial score (nSPS) is 11.9. The molecule has 4 nitrogen and oxygen atoms in total. The van der Waals surface area contributed by atoms with Gasteiger partial charge in [0, 0.05) is 21.2 Å². The van der Waals surface area contributed by atoms with Gasteiger partial charge in [-0.25, -0.2) is 0 Å². The molecule has 1 N–H and O–H groups in total. The standard InChI is InChI=1S/C13H10ClNO3S/c14-10-3-1-2-9(8-10)13(16)15-11-4-6-12(7-5-11)19(17)18/h1-8H,(H,15,16)(H,17,18)/p-1. The summed E-state index contributed by atoms with van der Waals surface area (Å²) in [5.74, 6) is -0.307. The molecule has 0 radical (unpaired) electrons. The molecule has 0 saturated carbocycles. The fraction of sp³-hybridized carbons (Fsp3) is 0. The number of amides is 1. The summed E-state index contributed by atoms with van der Waals surface area (Å²) in [6.07, 6.45) is 0. The third-order valence-electron chi connectivity index (χ3n) is 2.39. The Morgan fingerprint density at radius 3 is 2.42 bits per heavy atom. The van der Waals surface area contributed by atoms with Crippen molar-refractivity contribution >= 4 is 34.3 Å². The first-order valence-corrected chi connectivity index (χ1v) is 6.78. The van der Waals surface area contributed by atoms with Crippen LogP contribution in [0.15, 0.2) is 53.4 Å². The van der Waals surface area contributed by atoms with E-state index in [9.17, 15) is 13.6 Å². The number of anilines is 1. The Morgan fingerprint density at radius 1 is 1.16 bits per heavy atom. The van der Waals surface area contributed by atoms with Crippen LogP contribution >= 0.6 is 11.6 Å². The molecule has 1 amide bonds. The van der Waals surface area contributed by atoms with E-state index >= 15 is 0 Å². The van der Waals surface area contributed by atoms with Crippen molar-refractivity contribution in [3.63, 3.8) is 0 Å². The maximum Gasteiger partial charge on any atom is 0.255 e. The van der Waals surface area contributed by atoms with Crippen molar-refractivity contribution in [2.75, 3.05) is 5.32 Å². The lowest BCUT2D eigenvalue weighted by atomic mass is 10.2. The minimum absolute atomic E-state index is 0.167. The van der Waals surface area contributed by atoms with E-state index in [0.29, 0.717) is 16.3 Å². The van der Waals surface area contributed by atoms with Crippen LogP contribution in [0.2, 0.25) is 5.02 Å². The Morgan fingerprint density at radius 2 is 1.84 bits per heavy atom. The van der Waals surface area contributed by atoms with Gasteiger partial charge in [0.2, 0.25) is 0 Å². The smallest absolute Gasteiger partial charge is 0.255 e. The molecule has 1 unspecified atom stereocenters. The minimum Gasteiger partial charge on any atom is -0.768 e. The SMILES string of the molecule is O=C(Nc1ccc(S(=O)[O-])cc1)c1cccc(Cl)c1. The number of halogens is 1. The van der Waals surface area contributed by atoms with Gasteiger partial charge in [0.05, 0.1) is 0 Å². The van der Waals surface area contributed by atoms with Crippen molar-refractivity contribution in [2.45, 2.75) is 4.90 Å². The number of nitrogens with one attached hydrogen (secondary N) is 1. The Kier molecular flexibility index (Phi) is 4.31. The molecule has 0 spiro atoms. The molecule has 0 aliphatic rings. The van der Waals surface area contributed by atoms with E-state index in [-0.39, 0.29) is 10.8 Å². The van der Waals surface area contributed by atoms with Gasteiger partial charge in [-0.3, -0.25) is 9.00 Å². The first-order chi connectivity index (χ1) is 9.06. The molecule has 2 rings (SSSR count). The molecular formula is C13H9ClNO3S-. The third kappa shape index (κ3) is 3.64. The molecule has 0 aliphatic carbocycles. The first-order valence-electron chi connectivity index (χ1n) is 5.32. The van der Waals surface area contributed by atoms with Gasteiger partial charge in [-0.1, -0.05) is 17.7 Å². The lowest BCUT2D eigenvalue weighted by Crippen LogP contribution is -2.11. The van der Waals surface area contributed by atoms with Crippen molar-refractivity contribution < 1.29 is 13.6 Å². The second-order valence-electron chi connectivity index (χ2n) is 3.72. The van der Waals surface area contributed by atoms with E-state index in [1.165, 1.54) is 24.3 Å². The fourth-order valence-electron chi connectivity index (χ4n) is 1.48. The van der Waals surface area contributed by atoms with Gasteiger partial charge >= 0.3 is 0 Å². The van der Waals surface area contributed by atoms with Crippen LogP contribution in [0.4, 0.5) is 5.69 Å². The highest BCUT2D eigenvalue weighted by molar-refractivity contribution is 7.79. The fourth-order valence-corrected chi connectivity index (χ4v) is 2.03. The molecule has 2 aromatic carbocycles. The van der Waals surface area contributed by atoms with Crippen molar-refractivity contribution in [2.24, 2.45) is 0 Å². The summed E-state index contributed by atoms with van der Waals surface area (Å²) in [6, 6.07) is 12.4. The largest absolute Gasteiger partial charge is 0.768 e. The van der Waals surface area contributed by atoms with Crippen LogP contribution in [0, 0.1) is 0 Å². The molecule has 0 aliphatic heterocycles. The topological polar surface area (TPSA) is 69.2 Å². The monoisotopic (exact) mass is 294 g/mol. The van der Waals surface area contributed by atoms with Crippen LogP contribution in [0.3, 0.4) is 0 Å². The van der Waals surface area contributed by atoms with Gasteiger partial charge in [0.1, 0.15) is 0 Å². The van der Waals surface area contributed by atoms with Gasteiger partial charge in [-0.05, 0) is 53.5 Å². The highest BCUT2D eigenvalue weighted by atomic mass is 35.5. The molecule has 2 aromatic rings. The average molecular weight is 295 g/mol. The van der Waals surface area contributed by atoms with Gasteiger partial charge in [-0.2, -0.15) is 0 Å². The van der Waals surface area contributed by atoms with E-state index in [4.69, 9.17) is 11.6 Å². The zero-order valence-corrected chi connectivity index (χ0v) is 11.2. The highest BCUT2D eigenvalue weighted by Crippen LogP contribution is 2.15. The number of carbonyl (C=O) groups excluding carboxylic acids is 1. The van der Waals surface area contributed by atoms with Gasteiger partial charge in [0.25, 0.3) is 5.91 Å². The molecule has 98 valence electrons. The Hall–Kier alpha value is -1.69. The second-order valence-corrected chi connectivity index (χ2v) is 5.10. The average Bonchev–Trinajstić information content (AvgIpc) is 2.39. The number of hydrogen-bond acceptors (Lipinski definition) is 3. The number of rotatable bonds is 3. The lowest BCUT2D eigenvalue weighted by molar-refractivity contribution is 0.102. The van der Waals surface area contributed by atoms with Gasteiger partial charge in [-0.15, -0.1) is 0 Å². The van der Waals surface area contributed by atoms with E-state index in [1.807, 2.05) is 0 Å². The zero-order chi connectivity index (χ0) is 13.8. The summed E-state index contributed by atoms with van der Waals surface area (Å²) < 4.78 is 21.4. The molecule has 0 bridgehead atoms. The van der Waals surface area contributed by atoms with Crippen LogP contribution in [0.1, 0.15) is 10.4 Å². The maximum atomic E-state index is 11.9. The lowest BCUT2D eigenvalue weighted by Gasteiger charge is -2.08. The second kappa shape index (κ2) is 5.97. The predicted octanol–water partition coefficient (Wildman–Crippen LogP) is 2.83. The van der Waals surface area contributed by atoms with E-state index < -0.39 is 11.1 Å². The van der Waals surface area contributed by atoms with Crippen molar-refractivity contribution in [3.8, 4) is 0 Å². The van der Waals surface area contributed by atoms with Crippen LogP contribution in [-0.2, 0) is 11.1 Å². The number of hydrogen-bond donors (Lipinski definition) is 1. The van der Waals surface area contributed by atoms with Gasteiger partial charge in [0.15, 0.2) is 0 Å². The molecule has 0 heterocycles. The van der Waals surface area contributed by atoms with Crippen molar-refractivity contribution in [1.82, 2.24) is 0 Å². The summed E-state index contributed by atoms with van der Waals surface area (Å²) in [5, 5.41) is 3.13. The quantitative estimate of drug-likeness (QED) is 0.885. The molecular weight excluding hydrogens is 286 g/mol. The van der Waals surface area contributed by atoms with Crippen molar-refractivity contribution in [1.29, 1.82) is 0 Å². The van der Waals surface area contributed by atoms with Crippen molar-refractivity contribution in [3.05, 3.63) is 59.1 Å². The Balaban J connectivity index is 2.13. The Labute approximate surface area is 117 Å². The molecule has 0 fully saturated rings. The number of benzene rings is 2. The summed E-state index contributed by atoms with van der Waals surface area (Å²) in [7, 11) is 0. The number of carbonyl (C=O) groups is 1. The third-order valence-corrected chi connectivity index (χ3v) is 3.28. The van der Waals surface area contributed by atoms with Crippen LogP contribution in [0.25, 0.3) is 0 Å². The molecule has 6 heteroatoms. The summed E-state index contributed by atoms with van der Waals surface area (Å²) in [4.78, 5) is 12.1. The van der Waals surface area contributed by atoms with Crippen LogP contribution in [-0.4, -0.2) is 14.7 Å². The predicted molar refractivity (Wildman–Crippen MR) is 73.0 cm³/mol. The zero-order valence-electron chi connectivity index (χ0n) is 9.63. The van der Waals surface area contributed by atoms with E-state index in [2.05, 4.69) is 5.32 Å².